The Morgan fingerprint density at radius 3 is 2.56 bits per heavy atom. The van der Waals surface area contributed by atoms with Crippen molar-refractivity contribution in [2.24, 2.45) is 0 Å². The van der Waals surface area contributed by atoms with Crippen molar-refractivity contribution in [3.05, 3.63) is 67.4 Å². The highest BCUT2D eigenvalue weighted by atomic mass is 32.1. The molecule has 2 heterocycles. The molecular weight excluding hydrogens is 370 g/mol. The topological polar surface area (TPSA) is 121 Å². The summed E-state index contributed by atoms with van der Waals surface area (Å²) >= 11 is 1.35. The van der Waals surface area contributed by atoms with Gasteiger partial charge in [0.1, 0.15) is 0 Å². The van der Waals surface area contributed by atoms with Crippen molar-refractivity contribution in [1.82, 2.24) is 15.1 Å². The maximum atomic E-state index is 12.4. The molecule has 3 aromatic rings. The summed E-state index contributed by atoms with van der Waals surface area (Å²) in [6.07, 6.45) is -0.311. The molecule has 1 amide bonds. The zero-order chi connectivity index (χ0) is 19.4. The fraction of sp³-hybridized carbons (Fsp3) is 0.222. The number of nitrogens with zero attached hydrogens (tertiary/aromatic N) is 1. The Labute approximate surface area is 157 Å². The van der Waals surface area contributed by atoms with E-state index in [1.165, 1.54) is 11.3 Å². The number of fused-ring (bicyclic) bond motifs is 1. The summed E-state index contributed by atoms with van der Waals surface area (Å²) < 4.78 is 1.10. The molecule has 0 saturated carbocycles. The number of aryl methyl sites for hydroxylation is 1. The normalized spacial score (nSPS) is 12.0. The third kappa shape index (κ3) is 4.32. The van der Waals surface area contributed by atoms with Gasteiger partial charge in [0, 0.05) is 11.3 Å². The molecule has 1 aromatic carbocycles. The smallest absolute Gasteiger partial charge is 0.305 e. The van der Waals surface area contributed by atoms with E-state index in [2.05, 4.69) is 10.4 Å². The lowest BCUT2D eigenvalue weighted by Gasteiger charge is -2.16. The van der Waals surface area contributed by atoms with Crippen LogP contribution in [0.4, 0.5) is 0 Å². The van der Waals surface area contributed by atoms with Crippen LogP contribution in [0.15, 0.2) is 51.4 Å². The van der Waals surface area contributed by atoms with Crippen LogP contribution in [-0.4, -0.2) is 26.8 Å². The second-order valence-electron chi connectivity index (χ2n) is 5.93. The highest BCUT2D eigenvalue weighted by Gasteiger charge is 2.19. The van der Waals surface area contributed by atoms with Gasteiger partial charge in [-0.25, -0.2) is 4.68 Å². The molecule has 8 nitrogen and oxygen atoms in total. The fourth-order valence-electron chi connectivity index (χ4n) is 2.77. The van der Waals surface area contributed by atoms with Gasteiger partial charge in [-0.05, 0) is 23.6 Å². The molecule has 0 aliphatic heterocycles. The number of aromatic nitrogens is 2. The standard InChI is InChI=1S/C18H17N3O5S/c22-15(19-13(10-16(23)24)14-6-3-9-27-14)7-8-21-18(26)12-5-2-1-4-11(12)17(25)20-21/h1-6,9,13H,7-8,10H2,(H,19,22)(H,20,25)(H,23,24). The van der Waals surface area contributed by atoms with E-state index >= 15 is 0 Å². The number of benzene rings is 1. The zero-order valence-corrected chi connectivity index (χ0v) is 15.0. The van der Waals surface area contributed by atoms with Crippen LogP contribution < -0.4 is 16.4 Å². The number of hydrogen-bond donors (Lipinski definition) is 3. The first-order valence-corrected chi connectivity index (χ1v) is 9.10. The van der Waals surface area contributed by atoms with Gasteiger partial charge in [0.15, 0.2) is 0 Å². The number of aromatic amines is 1. The monoisotopic (exact) mass is 387 g/mol. The highest BCUT2D eigenvalue weighted by Crippen LogP contribution is 2.22. The van der Waals surface area contributed by atoms with Crippen molar-refractivity contribution < 1.29 is 14.7 Å². The Kier molecular flexibility index (Phi) is 5.51. The summed E-state index contributed by atoms with van der Waals surface area (Å²) in [6.45, 7) is -0.0189. The lowest BCUT2D eigenvalue weighted by Crippen LogP contribution is -2.34. The molecule has 1 unspecified atom stereocenters. The molecule has 0 bridgehead atoms. The first-order chi connectivity index (χ1) is 13.0. The van der Waals surface area contributed by atoms with Gasteiger partial charge in [-0.1, -0.05) is 18.2 Å². The SMILES string of the molecule is O=C(O)CC(NC(=O)CCn1[nH]c(=O)c2ccccc2c1=O)c1cccs1. The quantitative estimate of drug-likeness (QED) is 0.567. The molecule has 3 N–H and O–H groups in total. The minimum absolute atomic E-state index is 0.0189. The van der Waals surface area contributed by atoms with Crippen LogP contribution >= 0.6 is 11.3 Å². The minimum atomic E-state index is -1.02. The average molecular weight is 387 g/mol. The molecule has 27 heavy (non-hydrogen) atoms. The number of hydrogen-bond acceptors (Lipinski definition) is 5. The van der Waals surface area contributed by atoms with Gasteiger partial charge < -0.3 is 10.4 Å². The van der Waals surface area contributed by atoms with E-state index in [1.807, 2.05) is 0 Å². The summed E-state index contributed by atoms with van der Waals surface area (Å²) in [6, 6.07) is 9.35. The van der Waals surface area contributed by atoms with E-state index in [1.54, 1.807) is 41.8 Å². The molecule has 0 radical (unpaired) electrons. The number of nitrogens with one attached hydrogen (secondary N) is 2. The van der Waals surface area contributed by atoms with Gasteiger partial charge in [-0.2, -0.15) is 0 Å². The second-order valence-corrected chi connectivity index (χ2v) is 6.91. The molecule has 2 aromatic heterocycles. The van der Waals surface area contributed by atoms with Gasteiger partial charge in [0.2, 0.25) is 5.91 Å². The summed E-state index contributed by atoms with van der Waals surface area (Å²) in [7, 11) is 0. The first kappa shape index (κ1) is 18.6. The first-order valence-electron chi connectivity index (χ1n) is 8.22. The number of H-pyrrole nitrogens is 1. The molecule has 0 aliphatic carbocycles. The number of carboxylic acid groups (broad SMARTS) is 1. The van der Waals surface area contributed by atoms with Crippen LogP contribution in [0.2, 0.25) is 0 Å². The van der Waals surface area contributed by atoms with Gasteiger partial charge in [-0.15, -0.1) is 11.3 Å². The molecule has 0 saturated heterocycles. The van der Waals surface area contributed by atoms with E-state index in [4.69, 9.17) is 5.11 Å². The van der Waals surface area contributed by atoms with Gasteiger partial charge >= 0.3 is 5.97 Å². The summed E-state index contributed by atoms with van der Waals surface area (Å²) in [5.41, 5.74) is -0.800. The van der Waals surface area contributed by atoms with Gasteiger partial charge in [0.05, 0.1) is 29.8 Å². The Hall–Kier alpha value is -3.20. The highest BCUT2D eigenvalue weighted by molar-refractivity contribution is 7.10. The van der Waals surface area contributed by atoms with Crippen molar-refractivity contribution in [2.45, 2.75) is 25.4 Å². The number of carbonyl (C=O) groups excluding carboxylic acids is 1. The van der Waals surface area contributed by atoms with Gasteiger partial charge in [0.25, 0.3) is 11.1 Å². The molecule has 0 aliphatic rings. The van der Waals surface area contributed by atoms with E-state index in [0.29, 0.717) is 5.39 Å². The Balaban J connectivity index is 1.73. The predicted molar refractivity (Wildman–Crippen MR) is 101 cm³/mol. The fourth-order valence-corrected chi connectivity index (χ4v) is 3.55. The number of aliphatic carboxylic acids is 1. The summed E-state index contributed by atoms with van der Waals surface area (Å²) in [5, 5.41) is 16.6. The molecule has 0 spiro atoms. The third-order valence-electron chi connectivity index (χ3n) is 4.05. The largest absolute Gasteiger partial charge is 0.481 e. The number of carbonyl (C=O) groups is 2. The number of amides is 1. The van der Waals surface area contributed by atoms with Crippen LogP contribution in [-0.2, 0) is 16.1 Å². The van der Waals surface area contributed by atoms with Crippen molar-refractivity contribution in [3.63, 3.8) is 0 Å². The second kappa shape index (κ2) is 8.00. The van der Waals surface area contributed by atoms with E-state index < -0.39 is 29.0 Å². The maximum absolute atomic E-state index is 12.4. The molecule has 0 fully saturated rings. The Bertz CT molecular complexity index is 1080. The molecule has 1 atom stereocenters. The van der Waals surface area contributed by atoms with Crippen LogP contribution in [0.25, 0.3) is 10.8 Å². The van der Waals surface area contributed by atoms with E-state index in [0.717, 1.165) is 9.56 Å². The molecule has 9 heteroatoms. The van der Waals surface area contributed by atoms with Crippen molar-refractivity contribution >= 4 is 34.0 Å². The van der Waals surface area contributed by atoms with Crippen LogP contribution in [0, 0.1) is 0 Å². The van der Waals surface area contributed by atoms with Gasteiger partial charge in [-0.3, -0.25) is 24.3 Å². The summed E-state index contributed by atoms with van der Waals surface area (Å²) in [5.74, 6) is -1.43. The van der Waals surface area contributed by atoms with E-state index in [-0.39, 0.29) is 24.8 Å². The van der Waals surface area contributed by atoms with E-state index in [9.17, 15) is 19.2 Å². The molecule has 140 valence electrons. The minimum Gasteiger partial charge on any atom is -0.481 e. The molecular formula is C18H17N3O5S. The van der Waals surface area contributed by atoms with Crippen molar-refractivity contribution in [1.29, 1.82) is 0 Å². The number of thiophene rings is 1. The average Bonchev–Trinajstić information content (AvgIpc) is 3.17. The zero-order valence-electron chi connectivity index (χ0n) is 14.2. The lowest BCUT2D eigenvalue weighted by molar-refractivity contribution is -0.137. The Morgan fingerprint density at radius 2 is 1.89 bits per heavy atom. The van der Waals surface area contributed by atoms with Crippen molar-refractivity contribution in [3.8, 4) is 0 Å². The van der Waals surface area contributed by atoms with Crippen LogP contribution in [0.5, 0.6) is 0 Å². The van der Waals surface area contributed by atoms with Crippen molar-refractivity contribution in [2.75, 3.05) is 0 Å². The third-order valence-corrected chi connectivity index (χ3v) is 5.03. The molecule has 3 rings (SSSR count). The summed E-state index contributed by atoms with van der Waals surface area (Å²) in [4.78, 5) is 48.5. The van der Waals surface area contributed by atoms with Crippen LogP contribution in [0.1, 0.15) is 23.8 Å². The number of rotatable bonds is 7. The maximum Gasteiger partial charge on any atom is 0.305 e. The predicted octanol–water partition coefficient (Wildman–Crippen LogP) is 1.47. The lowest BCUT2D eigenvalue weighted by atomic mass is 10.1. The van der Waals surface area contributed by atoms with Crippen LogP contribution in [0.3, 0.4) is 0 Å². The Morgan fingerprint density at radius 1 is 1.15 bits per heavy atom. The number of carboxylic acids is 1.